The second-order valence-electron chi connectivity index (χ2n) is 4.19. The Balaban J connectivity index is 2.01. The largest absolute Gasteiger partial charge is 0.481 e. The van der Waals surface area contributed by atoms with Crippen LogP contribution in [0.4, 0.5) is 0 Å². The minimum Gasteiger partial charge on any atom is -0.481 e. The maximum atomic E-state index is 11.8. The number of aryl methyl sites for hydroxylation is 1. The molecule has 2 aromatic rings. The molecule has 0 saturated heterocycles. The highest BCUT2D eigenvalue weighted by atomic mass is 32.1. The van der Waals surface area contributed by atoms with Gasteiger partial charge in [-0.2, -0.15) is 0 Å². The zero-order valence-corrected chi connectivity index (χ0v) is 11.3. The molecule has 0 aromatic carbocycles. The summed E-state index contributed by atoms with van der Waals surface area (Å²) in [7, 11) is 0. The van der Waals surface area contributed by atoms with Crippen LogP contribution in [0.5, 0.6) is 0 Å². The number of thiophene rings is 1. The van der Waals surface area contributed by atoms with Crippen molar-refractivity contribution < 1.29 is 14.7 Å². The molecule has 0 aliphatic rings. The van der Waals surface area contributed by atoms with Crippen molar-refractivity contribution in [1.29, 1.82) is 0 Å². The Morgan fingerprint density at radius 1 is 1.37 bits per heavy atom. The van der Waals surface area contributed by atoms with Crippen LogP contribution in [0.1, 0.15) is 33.2 Å². The van der Waals surface area contributed by atoms with Gasteiger partial charge in [-0.1, -0.05) is 0 Å². The van der Waals surface area contributed by atoms with Gasteiger partial charge in [-0.25, -0.2) is 4.98 Å². The molecular formula is C13H14N2O3S. The molecule has 0 unspecified atom stereocenters. The summed E-state index contributed by atoms with van der Waals surface area (Å²) in [5, 5.41) is 8.56. The van der Waals surface area contributed by atoms with E-state index >= 15 is 0 Å². The molecule has 2 heterocycles. The minimum absolute atomic E-state index is 0.0550. The van der Waals surface area contributed by atoms with Crippen LogP contribution in [0.2, 0.25) is 0 Å². The Morgan fingerprint density at radius 2 is 2.16 bits per heavy atom. The van der Waals surface area contributed by atoms with E-state index in [1.165, 1.54) is 11.3 Å². The zero-order valence-electron chi connectivity index (χ0n) is 10.5. The van der Waals surface area contributed by atoms with E-state index in [-0.39, 0.29) is 18.6 Å². The Hall–Kier alpha value is -1.95. The fourth-order valence-corrected chi connectivity index (χ4v) is 2.67. The van der Waals surface area contributed by atoms with E-state index in [2.05, 4.69) is 4.98 Å². The maximum absolute atomic E-state index is 11.8. The first-order chi connectivity index (χ1) is 9.06. The second-order valence-corrected chi connectivity index (χ2v) is 5.35. The molecule has 19 heavy (non-hydrogen) atoms. The fraction of sp³-hybridized carbons (Fsp3) is 0.308. The quantitative estimate of drug-likeness (QED) is 0.823. The van der Waals surface area contributed by atoms with Gasteiger partial charge < -0.3 is 9.67 Å². The van der Waals surface area contributed by atoms with Crippen molar-refractivity contribution in [1.82, 2.24) is 9.55 Å². The lowest BCUT2D eigenvalue weighted by molar-refractivity contribution is -0.136. The molecule has 100 valence electrons. The number of rotatable bonds is 6. The van der Waals surface area contributed by atoms with Crippen molar-refractivity contribution in [2.24, 2.45) is 0 Å². The fourth-order valence-electron chi connectivity index (χ4n) is 1.70. The van der Waals surface area contributed by atoms with Crippen LogP contribution in [0.15, 0.2) is 24.5 Å². The summed E-state index contributed by atoms with van der Waals surface area (Å²) in [4.78, 5) is 28.0. The molecule has 0 spiro atoms. The molecule has 0 fully saturated rings. The molecule has 2 rings (SSSR count). The van der Waals surface area contributed by atoms with Crippen LogP contribution < -0.4 is 0 Å². The molecule has 0 aliphatic carbocycles. The number of carbonyl (C=O) groups excluding carboxylic acids is 1. The van der Waals surface area contributed by atoms with Gasteiger partial charge >= 0.3 is 5.97 Å². The van der Waals surface area contributed by atoms with Crippen molar-refractivity contribution in [3.63, 3.8) is 0 Å². The summed E-state index contributed by atoms with van der Waals surface area (Å²) in [5.74, 6) is -0.132. The summed E-state index contributed by atoms with van der Waals surface area (Å²) in [6.07, 6.45) is 3.56. The van der Waals surface area contributed by atoms with Crippen LogP contribution in [0.25, 0.3) is 0 Å². The number of hydrogen-bond donors (Lipinski definition) is 1. The smallest absolute Gasteiger partial charge is 0.303 e. The minimum atomic E-state index is -0.945. The molecule has 6 heteroatoms. The molecule has 2 aromatic heterocycles. The molecule has 0 aliphatic heterocycles. The summed E-state index contributed by atoms with van der Waals surface area (Å²) in [6.45, 7) is 2.61. The number of ketones is 1. The lowest BCUT2D eigenvalue weighted by Gasteiger charge is -2.01. The Kier molecular flexibility index (Phi) is 4.11. The number of aromatic nitrogens is 2. The topological polar surface area (TPSA) is 72.2 Å². The Morgan fingerprint density at radius 3 is 2.79 bits per heavy atom. The van der Waals surface area contributed by atoms with Crippen LogP contribution in [0.3, 0.4) is 0 Å². The van der Waals surface area contributed by atoms with Crippen molar-refractivity contribution in [3.05, 3.63) is 40.1 Å². The van der Waals surface area contributed by atoms with Crippen LogP contribution in [0, 0.1) is 6.92 Å². The van der Waals surface area contributed by atoms with Gasteiger partial charge in [-0.15, -0.1) is 11.3 Å². The molecule has 1 N–H and O–H groups in total. The summed E-state index contributed by atoms with van der Waals surface area (Å²) >= 11 is 1.41. The number of carboxylic acid groups (broad SMARTS) is 1. The van der Waals surface area contributed by atoms with E-state index in [0.29, 0.717) is 11.4 Å². The van der Waals surface area contributed by atoms with E-state index in [0.717, 1.165) is 10.7 Å². The SMILES string of the molecule is Cc1nccn1Cc1ccc(C(=O)CCC(=O)O)s1. The first kappa shape index (κ1) is 13.5. The van der Waals surface area contributed by atoms with Gasteiger partial charge in [0.1, 0.15) is 5.82 Å². The lowest BCUT2D eigenvalue weighted by Crippen LogP contribution is -2.02. The van der Waals surface area contributed by atoms with Gasteiger partial charge in [-0.05, 0) is 19.1 Å². The van der Waals surface area contributed by atoms with E-state index in [9.17, 15) is 9.59 Å². The standard InChI is InChI=1S/C13H14N2O3S/c1-9-14-6-7-15(9)8-10-2-4-12(19-10)11(16)3-5-13(17)18/h2,4,6-7H,3,5,8H2,1H3,(H,17,18). The highest BCUT2D eigenvalue weighted by molar-refractivity contribution is 7.14. The van der Waals surface area contributed by atoms with Gasteiger partial charge in [0.25, 0.3) is 0 Å². The average Bonchev–Trinajstić information content (AvgIpc) is 2.97. The molecule has 0 saturated carbocycles. The predicted octanol–water partition coefficient (Wildman–Crippen LogP) is 2.35. The molecule has 0 bridgehead atoms. The first-order valence-electron chi connectivity index (χ1n) is 5.87. The Bertz CT molecular complexity index is 601. The molecule has 0 radical (unpaired) electrons. The lowest BCUT2D eigenvalue weighted by atomic mass is 10.2. The van der Waals surface area contributed by atoms with Crippen molar-refractivity contribution in [2.75, 3.05) is 0 Å². The van der Waals surface area contributed by atoms with Gasteiger partial charge in [0.05, 0.1) is 17.8 Å². The number of hydrogen-bond acceptors (Lipinski definition) is 4. The van der Waals surface area contributed by atoms with E-state index in [4.69, 9.17) is 5.11 Å². The van der Waals surface area contributed by atoms with Crippen molar-refractivity contribution in [3.8, 4) is 0 Å². The summed E-state index contributed by atoms with van der Waals surface area (Å²) in [6, 6.07) is 3.66. The summed E-state index contributed by atoms with van der Waals surface area (Å²) < 4.78 is 2.00. The predicted molar refractivity (Wildman–Crippen MR) is 71.6 cm³/mol. The number of imidazole rings is 1. The van der Waals surface area contributed by atoms with Gasteiger partial charge in [0.2, 0.25) is 0 Å². The number of Topliss-reactive ketones (excluding diaryl/α,β-unsaturated/α-hetero) is 1. The molecule has 5 nitrogen and oxygen atoms in total. The van der Waals surface area contributed by atoms with E-state index in [1.54, 1.807) is 12.3 Å². The Labute approximate surface area is 114 Å². The maximum Gasteiger partial charge on any atom is 0.303 e. The zero-order chi connectivity index (χ0) is 13.8. The highest BCUT2D eigenvalue weighted by Gasteiger charge is 2.11. The monoisotopic (exact) mass is 278 g/mol. The first-order valence-corrected chi connectivity index (χ1v) is 6.69. The third-order valence-electron chi connectivity index (χ3n) is 2.75. The van der Waals surface area contributed by atoms with Gasteiger partial charge in [0, 0.05) is 23.7 Å². The number of carbonyl (C=O) groups is 2. The normalized spacial score (nSPS) is 10.6. The van der Waals surface area contributed by atoms with E-state index < -0.39 is 5.97 Å². The molecular weight excluding hydrogens is 264 g/mol. The number of nitrogens with zero attached hydrogens (tertiary/aromatic N) is 2. The second kappa shape index (κ2) is 5.79. The average molecular weight is 278 g/mol. The molecule has 0 amide bonds. The van der Waals surface area contributed by atoms with Crippen LogP contribution in [-0.2, 0) is 11.3 Å². The highest BCUT2D eigenvalue weighted by Crippen LogP contribution is 2.20. The van der Waals surface area contributed by atoms with Gasteiger partial charge in [-0.3, -0.25) is 9.59 Å². The summed E-state index contributed by atoms with van der Waals surface area (Å²) in [5.41, 5.74) is 0. The van der Waals surface area contributed by atoms with E-state index in [1.807, 2.05) is 23.8 Å². The van der Waals surface area contributed by atoms with Crippen LogP contribution in [-0.4, -0.2) is 26.4 Å². The third kappa shape index (κ3) is 3.51. The number of aliphatic carboxylic acids is 1. The van der Waals surface area contributed by atoms with Crippen LogP contribution >= 0.6 is 11.3 Å². The van der Waals surface area contributed by atoms with Crippen molar-refractivity contribution in [2.45, 2.75) is 26.3 Å². The van der Waals surface area contributed by atoms with Crippen molar-refractivity contribution >= 4 is 23.1 Å². The molecule has 0 atom stereocenters. The number of carboxylic acids is 1. The third-order valence-corrected chi connectivity index (χ3v) is 3.86. The van der Waals surface area contributed by atoms with Gasteiger partial charge in [0.15, 0.2) is 5.78 Å².